The van der Waals surface area contributed by atoms with Gasteiger partial charge in [0.25, 0.3) is 0 Å². The Labute approximate surface area is 123 Å². The van der Waals surface area contributed by atoms with Gasteiger partial charge in [-0.25, -0.2) is 19.4 Å². The van der Waals surface area contributed by atoms with Crippen molar-refractivity contribution < 1.29 is 28.6 Å². The number of rotatable bonds is 4. The first-order chi connectivity index (χ1) is 10.1. The largest absolute Gasteiger partial charge is 0.464 e. The third-order valence-electron chi connectivity index (χ3n) is 2.89. The van der Waals surface area contributed by atoms with Crippen LogP contribution < -0.4 is 0 Å². The number of nitrogens with zero attached hydrogens (tertiary/aromatic N) is 2. The summed E-state index contributed by atoms with van der Waals surface area (Å²) < 4.78 is 14.8. The van der Waals surface area contributed by atoms with Crippen molar-refractivity contribution in [3.63, 3.8) is 0 Å². The number of amides is 2. The van der Waals surface area contributed by atoms with E-state index in [2.05, 4.69) is 0 Å². The van der Waals surface area contributed by atoms with Crippen molar-refractivity contribution in [3.05, 3.63) is 0 Å². The fourth-order valence-electron chi connectivity index (χ4n) is 2.08. The lowest BCUT2D eigenvalue weighted by Gasteiger charge is -2.40. The highest BCUT2D eigenvalue weighted by molar-refractivity contribution is 5.83. The average molecular weight is 302 g/mol. The number of hydrogen-bond acceptors (Lipinski definition) is 6. The van der Waals surface area contributed by atoms with Crippen LogP contribution in [0.1, 0.15) is 33.6 Å². The van der Waals surface area contributed by atoms with Crippen molar-refractivity contribution in [2.75, 3.05) is 26.4 Å². The van der Waals surface area contributed by atoms with Crippen molar-refractivity contribution in [1.29, 1.82) is 0 Å². The molecule has 1 atom stereocenters. The molecule has 0 unspecified atom stereocenters. The van der Waals surface area contributed by atoms with Crippen molar-refractivity contribution in [2.24, 2.45) is 0 Å². The van der Waals surface area contributed by atoms with Gasteiger partial charge in [0.15, 0.2) is 6.04 Å². The number of hydrazine groups is 1. The van der Waals surface area contributed by atoms with E-state index in [4.69, 9.17) is 14.2 Å². The van der Waals surface area contributed by atoms with Crippen LogP contribution in [0.15, 0.2) is 0 Å². The van der Waals surface area contributed by atoms with Crippen LogP contribution in [0.25, 0.3) is 0 Å². The van der Waals surface area contributed by atoms with Gasteiger partial charge in [-0.1, -0.05) is 0 Å². The molecule has 0 radical (unpaired) electrons. The normalized spacial score (nSPS) is 18.1. The topological polar surface area (TPSA) is 85.4 Å². The quantitative estimate of drug-likeness (QED) is 0.578. The highest BCUT2D eigenvalue weighted by Gasteiger charge is 2.42. The summed E-state index contributed by atoms with van der Waals surface area (Å²) in [6.07, 6.45) is -0.464. The van der Waals surface area contributed by atoms with Gasteiger partial charge in [-0.05, 0) is 33.6 Å². The lowest BCUT2D eigenvalue weighted by atomic mass is 10.1. The second-order valence-electron chi connectivity index (χ2n) is 4.28. The van der Waals surface area contributed by atoms with E-state index in [0.29, 0.717) is 12.8 Å². The van der Waals surface area contributed by atoms with E-state index in [1.165, 1.54) is 0 Å². The number of carbonyl (C=O) groups excluding carboxylic acids is 3. The Bertz CT molecular complexity index is 361. The summed E-state index contributed by atoms with van der Waals surface area (Å²) in [5.74, 6) is -0.556. The third kappa shape index (κ3) is 4.24. The van der Waals surface area contributed by atoms with E-state index in [0.717, 1.165) is 10.0 Å². The molecule has 1 fully saturated rings. The van der Waals surface area contributed by atoms with Gasteiger partial charge < -0.3 is 14.2 Å². The van der Waals surface area contributed by atoms with Crippen LogP contribution in [0.4, 0.5) is 9.59 Å². The Morgan fingerprint density at radius 2 is 1.52 bits per heavy atom. The van der Waals surface area contributed by atoms with Gasteiger partial charge in [-0.2, -0.15) is 5.01 Å². The minimum atomic E-state index is -0.873. The van der Waals surface area contributed by atoms with E-state index in [-0.39, 0.29) is 26.4 Å². The number of carbonyl (C=O) groups is 3. The second kappa shape index (κ2) is 8.33. The van der Waals surface area contributed by atoms with Crippen molar-refractivity contribution in [2.45, 2.75) is 39.7 Å². The standard InChI is InChI=1S/C13H22N2O6/c1-4-19-11(16)10-8-7-9-14(12(17)20-5-2)15(10)13(18)21-6-3/h10H,4-9H2,1-3H3/t10-/m0/s1. The maximum absolute atomic E-state index is 12.1. The Morgan fingerprint density at radius 1 is 0.952 bits per heavy atom. The summed E-state index contributed by atoms with van der Waals surface area (Å²) in [5, 5.41) is 2.11. The van der Waals surface area contributed by atoms with Gasteiger partial charge in [-0.15, -0.1) is 0 Å². The molecule has 1 saturated heterocycles. The van der Waals surface area contributed by atoms with Crippen LogP contribution in [0.2, 0.25) is 0 Å². The maximum atomic E-state index is 12.1. The molecule has 1 heterocycles. The van der Waals surface area contributed by atoms with Gasteiger partial charge in [0.1, 0.15) is 0 Å². The molecule has 0 aliphatic carbocycles. The van der Waals surface area contributed by atoms with E-state index < -0.39 is 24.2 Å². The molecule has 0 spiro atoms. The third-order valence-corrected chi connectivity index (χ3v) is 2.89. The molecular weight excluding hydrogens is 280 g/mol. The van der Waals surface area contributed by atoms with Crippen LogP contribution in [0.3, 0.4) is 0 Å². The van der Waals surface area contributed by atoms with Gasteiger partial charge in [0.2, 0.25) is 0 Å². The minimum absolute atomic E-state index is 0.140. The van der Waals surface area contributed by atoms with Crippen molar-refractivity contribution >= 4 is 18.2 Å². The predicted molar refractivity (Wildman–Crippen MR) is 72.2 cm³/mol. The molecule has 0 aromatic rings. The van der Waals surface area contributed by atoms with Crippen LogP contribution in [0, 0.1) is 0 Å². The Kier molecular flexibility index (Phi) is 6.77. The molecule has 120 valence electrons. The van der Waals surface area contributed by atoms with Gasteiger partial charge in [0, 0.05) is 6.54 Å². The molecular formula is C13H22N2O6. The highest BCUT2D eigenvalue weighted by Crippen LogP contribution is 2.21. The number of ether oxygens (including phenoxy) is 3. The molecule has 2 amide bonds. The van der Waals surface area contributed by atoms with Gasteiger partial charge in [0.05, 0.1) is 19.8 Å². The molecule has 8 heteroatoms. The zero-order valence-electron chi connectivity index (χ0n) is 12.7. The molecule has 21 heavy (non-hydrogen) atoms. The molecule has 1 aliphatic heterocycles. The minimum Gasteiger partial charge on any atom is -0.464 e. The van der Waals surface area contributed by atoms with Crippen LogP contribution in [0.5, 0.6) is 0 Å². The molecule has 0 aromatic heterocycles. The fourth-order valence-corrected chi connectivity index (χ4v) is 2.08. The van der Waals surface area contributed by atoms with E-state index in [9.17, 15) is 14.4 Å². The number of esters is 1. The fraction of sp³-hybridized carbons (Fsp3) is 0.769. The van der Waals surface area contributed by atoms with Crippen molar-refractivity contribution in [3.8, 4) is 0 Å². The second-order valence-corrected chi connectivity index (χ2v) is 4.28. The summed E-state index contributed by atoms with van der Waals surface area (Å²) in [4.78, 5) is 36.0. The smallest absolute Gasteiger partial charge is 0.429 e. The Hall–Kier alpha value is -1.99. The molecule has 8 nitrogen and oxygen atoms in total. The van der Waals surface area contributed by atoms with Crippen LogP contribution in [-0.4, -0.2) is 60.6 Å². The first-order valence-electron chi connectivity index (χ1n) is 7.13. The average Bonchev–Trinajstić information content (AvgIpc) is 2.47. The Morgan fingerprint density at radius 3 is 2.10 bits per heavy atom. The number of hydrogen-bond donors (Lipinski definition) is 0. The molecule has 0 aromatic carbocycles. The monoisotopic (exact) mass is 302 g/mol. The first kappa shape index (κ1) is 17.1. The van der Waals surface area contributed by atoms with E-state index in [1.54, 1.807) is 20.8 Å². The SMILES string of the molecule is CCOC(=O)[C@@H]1CCCN(C(=O)OCC)N1C(=O)OCC. The summed E-state index contributed by atoms with van der Waals surface area (Å²) in [6.45, 7) is 5.80. The molecule has 0 bridgehead atoms. The molecule has 0 N–H and O–H groups in total. The summed E-state index contributed by atoms with van der Waals surface area (Å²) >= 11 is 0. The molecule has 1 rings (SSSR count). The molecule has 0 saturated carbocycles. The van der Waals surface area contributed by atoms with Crippen LogP contribution >= 0.6 is 0 Å². The Balaban J connectivity index is 2.97. The van der Waals surface area contributed by atoms with Crippen LogP contribution in [-0.2, 0) is 19.0 Å². The summed E-state index contributed by atoms with van der Waals surface area (Å²) in [5.41, 5.74) is 0. The first-order valence-corrected chi connectivity index (χ1v) is 7.13. The maximum Gasteiger partial charge on any atom is 0.429 e. The molecule has 1 aliphatic rings. The van der Waals surface area contributed by atoms with Gasteiger partial charge >= 0.3 is 18.2 Å². The van der Waals surface area contributed by atoms with Crippen molar-refractivity contribution in [1.82, 2.24) is 10.0 Å². The highest BCUT2D eigenvalue weighted by atomic mass is 16.6. The summed E-state index contributed by atoms with van der Waals surface area (Å²) in [6, 6.07) is -0.873. The predicted octanol–water partition coefficient (Wildman–Crippen LogP) is 1.54. The van der Waals surface area contributed by atoms with E-state index >= 15 is 0 Å². The zero-order valence-corrected chi connectivity index (χ0v) is 12.7. The lowest BCUT2D eigenvalue weighted by molar-refractivity contribution is -0.158. The van der Waals surface area contributed by atoms with Gasteiger partial charge in [-0.3, -0.25) is 0 Å². The summed E-state index contributed by atoms with van der Waals surface area (Å²) in [7, 11) is 0. The lowest BCUT2D eigenvalue weighted by Crippen LogP contribution is -2.60. The zero-order chi connectivity index (χ0) is 15.8. The van der Waals surface area contributed by atoms with E-state index in [1.807, 2.05) is 0 Å².